The van der Waals surface area contributed by atoms with Crippen LogP contribution in [0, 0.1) is 24.7 Å². The first-order chi connectivity index (χ1) is 16.3. The number of para-hydroxylation sites is 1. The number of methoxy groups -OCH3 is 1. The number of carbonyl (C=O) groups excluding carboxylic acids is 3. The van der Waals surface area contributed by atoms with Gasteiger partial charge in [-0.1, -0.05) is 32.0 Å². The van der Waals surface area contributed by atoms with Crippen LogP contribution in [0.4, 0.5) is 11.4 Å². The minimum absolute atomic E-state index is 0.0667. The molecule has 7 heteroatoms. The summed E-state index contributed by atoms with van der Waals surface area (Å²) in [6.45, 7) is 7.98. The van der Waals surface area contributed by atoms with Gasteiger partial charge in [0.2, 0.25) is 11.8 Å². The van der Waals surface area contributed by atoms with Gasteiger partial charge < -0.3 is 19.9 Å². The van der Waals surface area contributed by atoms with Crippen LogP contribution < -0.4 is 15.0 Å². The Kier molecular flexibility index (Phi) is 6.91. The first kappa shape index (κ1) is 23.8. The zero-order chi connectivity index (χ0) is 24.4. The molecule has 7 nitrogen and oxygen atoms in total. The molecular weight excluding hydrogens is 430 g/mol. The first-order valence-electron chi connectivity index (χ1n) is 11.9. The van der Waals surface area contributed by atoms with Crippen LogP contribution in [0.25, 0.3) is 0 Å². The lowest BCUT2D eigenvalue weighted by Crippen LogP contribution is -2.42. The number of nitrogens with zero attached hydrogens (tertiary/aromatic N) is 2. The van der Waals surface area contributed by atoms with E-state index in [4.69, 9.17) is 4.74 Å². The smallest absolute Gasteiger partial charge is 0.255 e. The Hall–Kier alpha value is -3.35. The Morgan fingerprint density at radius 3 is 2.44 bits per heavy atom. The van der Waals surface area contributed by atoms with Gasteiger partial charge in [-0.15, -0.1) is 0 Å². The third-order valence-corrected chi connectivity index (χ3v) is 6.69. The van der Waals surface area contributed by atoms with E-state index in [0.717, 1.165) is 25.1 Å². The maximum atomic E-state index is 13.3. The number of carbonyl (C=O) groups is 3. The van der Waals surface area contributed by atoms with E-state index in [1.165, 1.54) is 0 Å². The van der Waals surface area contributed by atoms with E-state index in [2.05, 4.69) is 19.2 Å². The van der Waals surface area contributed by atoms with E-state index in [-0.39, 0.29) is 30.7 Å². The van der Waals surface area contributed by atoms with Crippen molar-refractivity contribution in [2.75, 3.05) is 37.0 Å². The second kappa shape index (κ2) is 9.87. The van der Waals surface area contributed by atoms with Crippen LogP contribution in [-0.4, -0.2) is 49.4 Å². The topological polar surface area (TPSA) is 79.0 Å². The van der Waals surface area contributed by atoms with Gasteiger partial charge >= 0.3 is 0 Å². The predicted octanol–water partition coefficient (Wildman–Crippen LogP) is 4.11. The molecule has 0 bridgehead atoms. The average Bonchev–Trinajstić information content (AvgIpc) is 3.20. The van der Waals surface area contributed by atoms with E-state index in [1.807, 2.05) is 36.1 Å². The minimum Gasteiger partial charge on any atom is -0.495 e. The van der Waals surface area contributed by atoms with Gasteiger partial charge in [-0.25, -0.2) is 0 Å². The third-order valence-electron chi connectivity index (χ3n) is 6.69. The molecular formula is C27H33N3O4. The van der Waals surface area contributed by atoms with Crippen molar-refractivity contribution in [3.05, 3.63) is 53.6 Å². The number of rotatable bonds is 5. The number of benzene rings is 2. The molecule has 0 radical (unpaired) electrons. The second-order valence-corrected chi connectivity index (χ2v) is 9.77. The maximum Gasteiger partial charge on any atom is 0.255 e. The molecule has 2 aliphatic rings. The summed E-state index contributed by atoms with van der Waals surface area (Å²) in [7, 11) is 1.57. The average molecular weight is 464 g/mol. The largest absolute Gasteiger partial charge is 0.495 e. The number of nitrogens with one attached hydrogen (secondary N) is 1. The lowest BCUT2D eigenvalue weighted by molar-refractivity contribution is -0.122. The number of hydrogen-bond acceptors (Lipinski definition) is 4. The molecule has 34 heavy (non-hydrogen) atoms. The summed E-state index contributed by atoms with van der Waals surface area (Å²) < 4.78 is 5.43. The molecule has 0 aromatic heterocycles. The quantitative estimate of drug-likeness (QED) is 0.724. The van der Waals surface area contributed by atoms with Gasteiger partial charge in [0.15, 0.2) is 0 Å². The van der Waals surface area contributed by atoms with Crippen LogP contribution in [-0.2, 0) is 9.59 Å². The van der Waals surface area contributed by atoms with E-state index in [9.17, 15) is 14.4 Å². The highest BCUT2D eigenvalue weighted by molar-refractivity contribution is 6.07. The van der Waals surface area contributed by atoms with E-state index >= 15 is 0 Å². The van der Waals surface area contributed by atoms with Gasteiger partial charge in [0, 0.05) is 26.1 Å². The van der Waals surface area contributed by atoms with Crippen molar-refractivity contribution in [1.29, 1.82) is 0 Å². The monoisotopic (exact) mass is 463 g/mol. The van der Waals surface area contributed by atoms with Crippen LogP contribution in [0.15, 0.2) is 42.5 Å². The number of hydrogen-bond donors (Lipinski definition) is 1. The summed E-state index contributed by atoms with van der Waals surface area (Å²) in [4.78, 5) is 42.8. The summed E-state index contributed by atoms with van der Waals surface area (Å²) in [6.07, 6.45) is 1.22. The first-order valence-corrected chi connectivity index (χ1v) is 11.9. The summed E-state index contributed by atoms with van der Waals surface area (Å²) >= 11 is 0. The molecule has 2 heterocycles. The standard InChI is InChI=1S/C27H33N3O4/c1-17-9-10-24(34-4)23(12-17)30-16-20(13-25(30)31)26(32)28-22-8-6-5-7-21(22)27(33)29-14-18(2)11-19(3)15-29/h5-10,12,18-20H,11,13-16H2,1-4H3,(H,28,32). The minimum atomic E-state index is -0.518. The lowest BCUT2D eigenvalue weighted by Gasteiger charge is -2.35. The molecule has 4 rings (SSSR count). The Morgan fingerprint density at radius 2 is 1.74 bits per heavy atom. The van der Waals surface area contributed by atoms with E-state index in [0.29, 0.717) is 34.5 Å². The van der Waals surface area contributed by atoms with Gasteiger partial charge in [0.1, 0.15) is 5.75 Å². The SMILES string of the molecule is COc1ccc(C)cc1N1CC(C(=O)Nc2ccccc2C(=O)N2CC(C)CC(C)C2)CC1=O. The molecule has 180 valence electrons. The van der Waals surface area contributed by atoms with Gasteiger partial charge in [-0.3, -0.25) is 14.4 Å². The van der Waals surface area contributed by atoms with E-state index < -0.39 is 5.92 Å². The Bertz CT molecular complexity index is 1090. The van der Waals surface area contributed by atoms with Crippen molar-refractivity contribution < 1.29 is 19.1 Å². The normalized spacial score (nSPS) is 22.6. The maximum absolute atomic E-state index is 13.3. The molecule has 2 aromatic rings. The van der Waals surface area contributed by atoms with Crippen LogP contribution in [0.1, 0.15) is 42.6 Å². The number of likely N-dealkylation sites (tertiary alicyclic amines) is 1. The fourth-order valence-corrected chi connectivity index (χ4v) is 5.14. The van der Waals surface area contributed by atoms with Crippen molar-refractivity contribution in [1.82, 2.24) is 4.90 Å². The zero-order valence-corrected chi connectivity index (χ0v) is 20.3. The van der Waals surface area contributed by atoms with Crippen molar-refractivity contribution in [2.24, 2.45) is 17.8 Å². The van der Waals surface area contributed by atoms with Gasteiger partial charge in [-0.05, 0) is 55.0 Å². The van der Waals surface area contributed by atoms with E-state index in [1.54, 1.807) is 30.2 Å². The van der Waals surface area contributed by atoms with Crippen molar-refractivity contribution in [3.63, 3.8) is 0 Å². The van der Waals surface area contributed by atoms with Gasteiger partial charge in [-0.2, -0.15) is 0 Å². The summed E-state index contributed by atoms with van der Waals surface area (Å²) in [5.74, 6) is 0.527. The highest BCUT2D eigenvalue weighted by atomic mass is 16.5. The highest BCUT2D eigenvalue weighted by Crippen LogP contribution is 2.34. The summed E-state index contributed by atoms with van der Waals surface area (Å²) in [5, 5.41) is 2.93. The molecule has 2 fully saturated rings. The number of anilines is 2. The third kappa shape index (κ3) is 4.93. The molecule has 2 aliphatic heterocycles. The Morgan fingerprint density at radius 1 is 1.03 bits per heavy atom. The molecule has 0 spiro atoms. The highest BCUT2D eigenvalue weighted by Gasteiger charge is 2.37. The molecule has 0 saturated carbocycles. The Labute approximate surface area is 201 Å². The van der Waals surface area contributed by atoms with Crippen LogP contribution in [0.5, 0.6) is 5.75 Å². The molecule has 2 aromatic carbocycles. The molecule has 3 amide bonds. The number of aryl methyl sites for hydroxylation is 1. The number of piperidine rings is 1. The van der Waals surface area contributed by atoms with Crippen molar-refractivity contribution in [2.45, 2.75) is 33.6 Å². The zero-order valence-electron chi connectivity index (χ0n) is 20.3. The van der Waals surface area contributed by atoms with Crippen LogP contribution in [0.3, 0.4) is 0 Å². The summed E-state index contributed by atoms with van der Waals surface area (Å²) in [6, 6.07) is 12.8. The fraction of sp³-hybridized carbons (Fsp3) is 0.444. The lowest BCUT2D eigenvalue weighted by atomic mass is 9.91. The van der Waals surface area contributed by atoms with Crippen molar-refractivity contribution in [3.8, 4) is 5.75 Å². The predicted molar refractivity (Wildman–Crippen MR) is 132 cm³/mol. The molecule has 3 unspecified atom stereocenters. The van der Waals surface area contributed by atoms with Crippen LogP contribution >= 0.6 is 0 Å². The summed E-state index contributed by atoms with van der Waals surface area (Å²) in [5.41, 5.74) is 2.65. The second-order valence-electron chi connectivity index (χ2n) is 9.77. The molecule has 2 saturated heterocycles. The number of ether oxygens (including phenoxy) is 1. The number of amides is 3. The Balaban J connectivity index is 1.49. The fourth-order valence-electron chi connectivity index (χ4n) is 5.14. The van der Waals surface area contributed by atoms with Crippen LogP contribution in [0.2, 0.25) is 0 Å². The molecule has 3 atom stereocenters. The molecule has 1 N–H and O–H groups in total. The van der Waals surface area contributed by atoms with Gasteiger partial charge in [0.05, 0.1) is 30.0 Å². The molecule has 0 aliphatic carbocycles. The van der Waals surface area contributed by atoms with Gasteiger partial charge in [0.25, 0.3) is 5.91 Å². The van der Waals surface area contributed by atoms with Crippen molar-refractivity contribution >= 4 is 29.1 Å².